The van der Waals surface area contributed by atoms with Crippen molar-refractivity contribution in [2.75, 3.05) is 17.2 Å². The summed E-state index contributed by atoms with van der Waals surface area (Å²) in [5, 5.41) is 6.01. The molecule has 2 N–H and O–H groups in total. The number of rotatable bonds is 6. The van der Waals surface area contributed by atoms with Crippen LogP contribution in [0.2, 0.25) is 0 Å². The predicted octanol–water partition coefficient (Wildman–Crippen LogP) is 1.31. The van der Waals surface area contributed by atoms with Crippen molar-refractivity contribution in [3.63, 3.8) is 0 Å². The Labute approximate surface area is 104 Å². The summed E-state index contributed by atoms with van der Waals surface area (Å²) in [6.45, 7) is 1.19. The van der Waals surface area contributed by atoms with Crippen LogP contribution in [0.25, 0.3) is 0 Å². The van der Waals surface area contributed by atoms with Gasteiger partial charge in [-0.05, 0) is 30.9 Å². The van der Waals surface area contributed by atoms with Crippen LogP contribution in [-0.4, -0.2) is 6.54 Å². The highest BCUT2D eigenvalue weighted by atomic mass is 16.3. The average molecular weight is 246 g/mol. The topological polar surface area (TPSA) is 71.3 Å². The Balaban J connectivity index is 1.65. The van der Waals surface area contributed by atoms with Gasteiger partial charge in [-0.2, -0.15) is 0 Å². The molecule has 0 aliphatic heterocycles. The fourth-order valence-corrected chi connectivity index (χ4v) is 1.89. The highest BCUT2D eigenvalue weighted by Gasteiger charge is 2.25. The summed E-state index contributed by atoms with van der Waals surface area (Å²) in [5.41, 5.74) is -0.0482. The molecule has 94 valence electrons. The van der Waals surface area contributed by atoms with E-state index in [1.54, 1.807) is 12.3 Å². The van der Waals surface area contributed by atoms with Crippen LogP contribution >= 0.6 is 0 Å². The van der Waals surface area contributed by atoms with E-state index in [1.807, 2.05) is 6.07 Å². The summed E-state index contributed by atoms with van der Waals surface area (Å²) < 4.78 is 5.16. The minimum absolute atomic E-state index is 0.386. The first-order valence-corrected chi connectivity index (χ1v) is 6.09. The third-order valence-electron chi connectivity index (χ3n) is 3.19. The molecule has 0 atom stereocenters. The molecule has 1 aromatic carbocycles. The normalized spacial score (nSPS) is 14.9. The van der Waals surface area contributed by atoms with E-state index in [0.29, 0.717) is 23.8 Å². The lowest BCUT2D eigenvalue weighted by Gasteiger charge is -2.13. The molecule has 5 heteroatoms. The molecule has 1 aromatic heterocycles. The van der Waals surface area contributed by atoms with Crippen molar-refractivity contribution in [3.8, 4) is 0 Å². The van der Waals surface area contributed by atoms with E-state index in [9.17, 15) is 9.59 Å². The van der Waals surface area contributed by atoms with Gasteiger partial charge in [0.1, 0.15) is 17.1 Å². The van der Waals surface area contributed by atoms with Crippen molar-refractivity contribution in [2.24, 2.45) is 5.92 Å². The summed E-state index contributed by atoms with van der Waals surface area (Å²) in [5.74, 6) is 1.39. The molecule has 0 radical (unpaired) electrons. The van der Waals surface area contributed by atoms with Crippen molar-refractivity contribution >= 4 is 11.4 Å². The van der Waals surface area contributed by atoms with Gasteiger partial charge in [-0.15, -0.1) is 0 Å². The maximum Gasteiger partial charge on any atom is 0.253 e. The molecule has 1 fully saturated rings. The SMILES string of the molecule is O=c1c(NCc2ccco2)c(NCC2CC2)c1=O. The Morgan fingerprint density at radius 1 is 1.17 bits per heavy atom. The molecule has 2 aromatic rings. The lowest BCUT2D eigenvalue weighted by atomic mass is 10.2. The van der Waals surface area contributed by atoms with Gasteiger partial charge in [0.05, 0.1) is 12.8 Å². The van der Waals surface area contributed by atoms with Crippen molar-refractivity contribution < 1.29 is 4.42 Å². The zero-order valence-electron chi connectivity index (χ0n) is 9.86. The molecular formula is C13H14N2O3. The Morgan fingerprint density at radius 3 is 2.50 bits per heavy atom. The maximum atomic E-state index is 11.5. The van der Waals surface area contributed by atoms with E-state index in [-0.39, 0.29) is 0 Å². The van der Waals surface area contributed by atoms with Gasteiger partial charge in [-0.1, -0.05) is 0 Å². The molecule has 0 spiro atoms. The van der Waals surface area contributed by atoms with Crippen LogP contribution in [0.15, 0.2) is 32.4 Å². The summed E-state index contributed by atoms with van der Waals surface area (Å²) >= 11 is 0. The first kappa shape index (κ1) is 11.1. The number of hydrogen-bond acceptors (Lipinski definition) is 5. The summed E-state index contributed by atoms with van der Waals surface area (Å²) in [6.07, 6.45) is 3.99. The van der Waals surface area contributed by atoms with Crippen LogP contribution < -0.4 is 21.5 Å². The van der Waals surface area contributed by atoms with Gasteiger partial charge in [0.25, 0.3) is 10.9 Å². The molecule has 0 bridgehead atoms. The second kappa shape index (κ2) is 4.33. The predicted molar refractivity (Wildman–Crippen MR) is 68.6 cm³/mol. The first-order chi connectivity index (χ1) is 8.75. The second-order valence-corrected chi connectivity index (χ2v) is 4.67. The smallest absolute Gasteiger partial charge is 0.253 e. The lowest BCUT2D eigenvalue weighted by molar-refractivity contribution is 0.518. The molecule has 0 saturated heterocycles. The van der Waals surface area contributed by atoms with Crippen molar-refractivity contribution in [3.05, 3.63) is 44.6 Å². The molecule has 1 saturated carbocycles. The monoisotopic (exact) mass is 246 g/mol. The molecule has 3 rings (SSSR count). The molecule has 5 nitrogen and oxygen atoms in total. The first-order valence-electron chi connectivity index (χ1n) is 6.09. The number of nitrogens with one attached hydrogen (secondary N) is 2. The van der Waals surface area contributed by atoms with Crippen LogP contribution in [0, 0.1) is 5.92 Å². The van der Waals surface area contributed by atoms with Gasteiger partial charge in [-0.3, -0.25) is 9.59 Å². The zero-order chi connectivity index (χ0) is 12.5. The molecule has 1 heterocycles. The minimum Gasteiger partial charge on any atom is -0.467 e. The van der Waals surface area contributed by atoms with Gasteiger partial charge in [-0.25, -0.2) is 0 Å². The van der Waals surface area contributed by atoms with Crippen LogP contribution in [0.4, 0.5) is 11.4 Å². The molecule has 18 heavy (non-hydrogen) atoms. The van der Waals surface area contributed by atoms with E-state index >= 15 is 0 Å². The van der Waals surface area contributed by atoms with Crippen molar-refractivity contribution in [2.45, 2.75) is 19.4 Å². The number of anilines is 2. The molecule has 0 amide bonds. The van der Waals surface area contributed by atoms with Crippen LogP contribution in [0.1, 0.15) is 18.6 Å². The van der Waals surface area contributed by atoms with Crippen LogP contribution in [0.3, 0.4) is 0 Å². The standard InChI is InChI=1S/C13H14N2O3/c16-12-10(14-6-8-3-4-8)11(13(12)17)15-7-9-2-1-5-18-9/h1-2,5,8,14-15H,3-4,6-7H2. The highest BCUT2D eigenvalue weighted by molar-refractivity contribution is 5.73. The van der Waals surface area contributed by atoms with Crippen molar-refractivity contribution in [1.29, 1.82) is 0 Å². The van der Waals surface area contributed by atoms with Gasteiger partial charge < -0.3 is 15.1 Å². The Morgan fingerprint density at radius 2 is 1.89 bits per heavy atom. The summed E-state index contributed by atoms with van der Waals surface area (Å²) in [4.78, 5) is 22.9. The van der Waals surface area contributed by atoms with Gasteiger partial charge >= 0.3 is 0 Å². The fourth-order valence-electron chi connectivity index (χ4n) is 1.89. The molecular weight excluding hydrogens is 232 g/mol. The van der Waals surface area contributed by atoms with E-state index in [4.69, 9.17) is 4.42 Å². The van der Waals surface area contributed by atoms with Gasteiger partial charge in [0, 0.05) is 6.54 Å². The Bertz CT molecular complexity index is 604. The molecule has 0 unspecified atom stereocenters. The largest absolute Gasteiger partial charge is 0.467 e. The van der Waals surface area contributed by atoms with E-state index in [2.05, 4.69) is 10.6 Å². The maximum absolute atomic E-state index is 11.5. The highest BCUT2D eigenvalue weighted by Crippen LogP contribution is 2.29. The molecule has 1 aliphatic rings. The van der Waals surface area contributed by atoms with Crippen LogP contribution in [-0.2, 0) is 6.54 Å². The Kier molecular flexibility index (Phi) is 2.66. The summed E-state index contributed by atoms with van der Waals surface area (Å²) in [6, 6.07) is 3.60. The Hall–Kier alpha value is -2.04. The summed E-state index contributed by atoms with van der Waals surface area (Å²) in [7, 11) is 0. The van der Waals surface area contributed by atoms with Crippen molar-refractivity contribution in [1.82, 2.24) is 0 Å². The lowest BCUT2D eigenvalue weighted by Crippen LogP contribution is -2.37. The number of furan rings is 1. The molecule has 1 aliphatic carbocycles. The zero-order valence-corrected chi connectivity index (χ0v) is 9.86. The van der Waals surface area contributed by atoms with E-state index in [1.165, 1.54) is 12.8 Å². The van der Waals surface area contributed by atoms with Gasteiger partial charge in [0.2, 0.25) is 0 Å². The average Bonchev–Trinajstić information content (AvgIpc) is 3.06. The quantitative estimate of drug-likeness (QED) is 0.752. The van der Waals surface area contributed by atoms with Crippen LogP contribution in [0.5, 0.6) is 0 Å². The number of hydrogen-bond donors (Lipinski definition) is 2. The van der Waals surface area contributed by atoms with E-state index < -0.39 is 10.9 Å². The van der Waals surface area contributed by atoms with Gasteiger partial charge in [0.15, 0.2) is 0 Å². The third-order valence-corrected chi connectivity index (χ3v) is 3.19. The minimum atomic E-state index is -0.445. The fraction of sp³-hybridized carbons (Fsp3) is 0.385. The third kappa shape index (κ3) is 2.03. The second-order valence-electron chi connectivity index (χ2n) is 4.67. The van der Waals surface area contributed by atoms with E-state index in [0.717, 1.165) is 12.3 Å².